The maximum absolute atomic E-state index is 12.8. The quantitative estimate of drug-likeness (QED) is 0.646. The van der Waals surface area contributed by atoms with Crippen LogP contribution in [0, 0.1) is 0 Å². The van der Waals surface area contributed by atoms with Gasteiger partial charge in [0.2, 0.25) is 11.7 Å². The van der Waals surface area contributed by atoms with E-state index in [1.54, 1.807) is 17.1 Å². The van der Waals surface area contributed by atoms with E-state index in [-0.39, 0.29) is 18.0 Å². The van der Waals surface area contributed by atoms with Crippen LogP contribution in [0.3, 0.4) is 0 Å². The number of fused-ring (bicyclic) bond motifs is 1. The second kappa shape index (κ2) is 7.53. The average Bonchev–Trinajstić information content (AvgIpc) is 3.46. The molecule has 31 heavy (non-hydrogen) atoms. The molecule has 2 aliphatic rings. The first-order valence-corrected chi connectivity index (χ1v) is 10.4. The summed E-state index contributed by atoms with van der Waals surface area (Å²) < 4.78 is 6.93. The molecule has 10 nitrogen and oxygen atoms in total. The van der Waals surface area contributed by atoms with Crippen molar-refractivity contribution in [2.45, 2.75) is 38.3 Å². The van der Waals surface area contributed by atoms with Crippen molar-refractivity contribution in [1.29, 1.82) is 0 Å². The van der Waals surface area contributed by atoms with Crippen molar-refractivity contribution in [3.63, 3.8) is 0 Å². The molecule has 0 bridgehead atoms. The van der Waals surface area contributed by atoms with Crippen LogP contribution in [0.25, 0.3) is 11.4 Å². The van der Waals surface area contributed by atoms with Crippen molar-refractivity contribution < 1.29 is 14.1 Å². The van der Waals surface area contributed by atoms with Crippen LogP contribution in [0.1, 0.15) is 52.8 Å². The largest absolute Gasteiger partial charge is 0.351 e. The lowest BCUT2D eigenvalue weighted by molar-refractivity contribution is 0.0935. The zero-order valence-corrected chi connectivity index (χ0v) is 17.1. The summed E-state index contributed by atoms with van der Waals surface area (Å²) in [5.41, 5.74) is 8.97. The van der Waals surface area contributed by atoms with Gasteiger partial charge in [0.05, 0.1) is 23.8 Å². The first-order valence-electron chi connectivity index (χ1n) is 10.4. The van der Waals surface area contributed by atoms with Crippen LogP contribution in [-0.2, 0) is 12.8 Å². The van der Waals surface area contributed by atoms with E-state index in [0.29, 0.717) is 36.8 Å². The van der Waals surface area contributed by atoms with E-state index < -0.39 is 6.03 Å². The maximum Gasteiger partial charge on any atom is 0.314 e. The predicted octanol–water partition coefficient (Wildman–Crippen LogP) is 1.85. The average molecular weight is 421 g/mol. The normalized spacial score (nSPS) is 18.0. The number of amides is 3. The molecule has 3 amide bonds. The smallest absolute Gasteiger partial charge is 0.314 e. The molecule has 1 aliphatic heterocycles. The molecule has 3 N–H and O–H groups in total. The third-order valence-electron chi connectivity index (χ3n) is 5.97. The fraction of sp³-hybridized carbons (Fsp3) is 0.381. The van der Waals surface area contributed by atoms with Gasteiger partial charge in [0.15, 0.2) is 0 Å². The van der Waals surface area contributed by atoms with Crippen LogP contribution < -0.4 is 11.1 Å². The number of rotatable bonds is 5. The molecule has 1 aliphatic carbocycles. The van der Waals surface area contributed by atoms with Gasteiger partial charge < -0.3 is 20.5 Å². The summed E-state index contributed by atoms with van der Waals surface area (Å²) in [6.45, 7) is 2.99. The summed E-state index contributed by atoms with van der Waals surface area (Å²) >= 11 is 0. The zero-order chi connectivity index (χ0) is 21.5. The van der Waals surface area contributed by atoms with Crippen LogP contribution in [-0.4, -0.2) is 49.8 Å². The number of urea groups is 1. The maximum atomic E-state index is 12.8. The van der Waals surface area contributed by atoms with Crippen molar-refractivity contribution >= 4 is 11.9 Å². The number of carbonyl (C=O) groups excluding carboxylic acids is 2. The van der Waals surface area contributed by atoms with Gasteiger partial charge in [-0.15, -0.1) is 0 Å². The van der Waals surface area contributed by atoms with Gasteiger partial charge in [0.25, 0.3) is 5.91 Å². The second-order valence-corrected chi connectivity index (χ2v) is 7.95. The minimum atomic E-state index is -0.436. The van der Waals surface area contributed by atoms with E-state index >= 15 is 0 Å². The van der Waals surface area contributed by atoms with Crippen LogP contribution in [0.15, 0.2) is 35.1 Å². The highest BCUT2D eigenvalue weighted by molar-refractivity contribution is 5.94. The Kier molecular flexibility index (Phi) is 4.68. The van der Waals surface area contributed by atoms with E-state index in [1.807, 2.05) is 19.1 Å². The van der Waals surface area contributed by atoms with Gasteiger partial charge in [-0.05, 0) is 30.0 Å². The van der Waals surface area contributed by atoms with Crippen molar-refractivity contribution in [1.82, 2.24) is 30.1 Å². The Morgan fingerprint density at radius 2 is 2.16 bits per heavy atom. The number of nitrogens with zero attached hydrogens (tertiary/aromatic N) is 5. The minimum absolute atomic E-state index is 0.0505. The van der Waals surface area contributed by atoms with E-state index in [1.165, 1.54) is 10.5 Å². The number of nitrogens with one attached hydrogen (secondary N) is 1. The Labute approximate surface area is 178 Å². The fourth-order valence-corrected chi connectivity index (χ4v) is 4.12. The predicted molar refractivity (Wildman–Crippen MR) is 110 cm³/mol. The number of aryl methyl sites for hydroxylation is 2. The lowest BCUT2D eigenvalue weighted by Gasteiger charge is -2.37. The molecule has 1 fully saturated rings. The van der Waals surface area contributed by atoms with E-state index in [4.69, 9.17) is 10.3 Å². The van der Waals surface area contributed by atoms with Gasteiger partial charge >= 0.3 is 6.03 Å². The van der Waals surface area contributed by atoms with Crippen molar-refractivity contribution in [2.75, 3.05) is 13.1 Å². The highest BCUT2D eigenvalue weighted by Gasteiger charge is 2.32. The van der Waals surface area contributed by atoms with Gasteiger partial charge in [-0.3, -0.25) is 9.48 Å². The molecule has 1 atom stereocenters. The van der Waals surface area contributed by atoms with Gasteiger partial charge in [-0.1, -0.05) is 24.2 Å². The molecule has 0 saturated carbocycles. The molecule has 1 unspecified atom stereocenters. The van der Waals surface area contributed by atoms with Crippen molar-refractivity contribution in [3.8, 4) is 11.4 Å². The number of nitrogens with two attached hydrogens (primary N) is 1. The highest BCUT2D eigenvalue weighted by Crippen LogP contribution is 2.34. The molecular formula is C21H23N7O3. The first-order chi connectivity index (χ1) is 15.0. The number of primary amides is 1. The topological polar surface area (TPSA) is 132 Å². The molecule has 0 spiro atoms. The van der Waals surface area contributed by atoms with Crippen LogP contribution in [0.4, 0.5) is 4.79 Å². The third-order valence-corrected chi connectivity index (χ3v) is 5.97. The Morgan fingerprint density at radius 3 is 2.90 bits per heavy atom. The molecule has 2 aromatic heterocycles. The lowest BCUT2D eigenvalue weighted by atomic mass is 10.0. The zero-order valence-electron chi connectivity index (χ0n) is 17.1. The lowest BCUT2D eigenvalue weighted by Crippen LogP contribution is -2.52. The summed E-state index contributed by atoms with van der Waals surface area (Å²) in [5.74, 6) is 1.04. The van der Waals surface area contributed by atoms with Gasteiger partial charge in [-0.2, -0.15) is 10.1 Å². The van der Waals surface area contributed by atoms with E-state index in [2.05, 4.69) is 26.6 Å². The molecule has 1 saturated heterocycles. The van der Waals surface area contributed by atoms with Gasteiger partial charge in [0.1, 0.15) is 0 Å². The molecular weight excluding hydrogens is 398 g/mol. The Bertz CT molecular complexity index is 1150. The van der Waals surface area contributed by atoms with E-state index in [9.17, 15) is 9.59 Å². The van der Waals surface area contributed by atoms with Crippen LogP contribution in [0.5, 0.6) is 0 Å². The summed E-state index contributed by atoms with van der Waals surface area (Å²) in [7, 11) is 0. The summed E-state index contributed by atoms with van der Waals surface area (Å²) in [5, 5.41) is 11.4. The number of likely N-dealkylation sites (tertiary alicyclic amines) is 1. The fourth-order valence-electron chi connectivity index (χ4n) is 4.12. The molecule has 5 rings (SSSR count). The SMILES string of the molecule is CCc1nc(-c2ccc3c(c2)CCC3NC(=O)c2cnn(C3CN(C(N)=O)C3)c2)no1. The van der Waals surface area contributed by atoms with Crippen molar-refractivity contribution in [3.05, 3.63) is 53.2 Å². The Morgan fingerprint density at radius 1 is 1.32 bits per heavy atom. The Balaban J connectivity index is 1.25. The molecule has 160 valence electrons. The Hall–Kier alpha value is -3.69. The molecule has 10 heteroatoms. The van der Waals surface area contributed by atoms with Crippen molar-refractivity contribution in [2.24, 2.45) is 5.73 Å². The monoisotopic (exact) mass is 421 g/mol. The summed E-state index contributed by atoms with van der Waals surface area (Å²) in [6, 6.07) is 5.64. The third kappa shape index (κ3) is 3.54. The summed E-state index contributed by atoms with van der Waals surface area (Å²) in [6.07, 6.45) is 5.69. The number of hydrogen-bond acceptors (Lipinski definition) is 6. The minimum Gasteiger partial charge on any atom is -0.351 e. The molecule has 1 aromatic carbocycles. The van der Waals surface area contributed by atoms with E-state index in [0.717, 1.165) is 24.0 Å². The van der Waals surface area contributed by atoms with Gasteiger partial charge in [-0.25, -0.2) is 4.79 Å². The molecule has 3 aromatic rings. The van der Waals surface area contributed by atoms with Gasteiger partial charge in [0, 0.05) is 31.3 Å². The number of benzene rings is 1. The van der Waals surface area contributed by atoms with Crippen LogP contribution >= 0.6 is 0 Å². The first kappa shape index (κ1) is 19.3. The number of aromatic nitrogens is 4. The van der Waals surface area contributed by atoms with Crippen LogP contribution in [0.2, 0.25) is 0 Å². The number of carbonyl (C=O) groups is 2. The standard InChI is InChI=1S/C21H23N7O3/c1-2-18-25-19(26-31-18)13-3-5-16-12(7-13)4-6-17(16)24-20(29)14-8-23-28(9-14)15-10-27(11-15)21(22)30/h3,5,7-9,15,17H,2,4,6,10-11H2,1H3,(H2,22,30)(H,24,29). The number of hydrogen-bond donors (Lipinski definition) is 2. The second-order valence-electron chi connectivity index (χ2n) is 7.95. The molecule has 3 heterocycles. The molecule has 0 radical (unpaired) electrons. The summed E-state index contributed by atoms with van der Waals surface area (Å²) in [4.78, 5) is 29.8. The highest BCUT2D eigenvalue weighted by atomic mass is 16.5.